The van der Waals surface area contributed by atoms with Crippen LogP contribution in [0.15, 0.2) is 79.3 Å². The third kappa shape index (κ3) is 4.08. The molecule has 0 radical (unpaired) electrons. The lowest BCUT2D eigenvalue weighted by Crippen LogP contribution is -2.26. The van der Waals surface area contributed by atoms with Crippen LogP contribution in [0, 0.1) is 0 Å². The van der Waals surface area contributed by atoms with E-state index in [1.165, 1.54) is 33.5 Å². The number of aromatic nitrogens is 3. The van der Waals surface area contributed by atoms with Crippen LogP contribution in [0.25, 0.3) is 17.6 Å². The predicted octanol–water partition coefficient (Wildman–Crippen LogP) is 5.15. The molecule has 5 heteroatoms. The van der Waals surface area contributed by atoms with E-state index >= 15 is 0 Å². The van der Waals surface area contributed by atoms with Crippen molar-refractivity contribution in [3.05, 3.63) is 107 Å². The van der Waals surface area contributed by atoms with E-state index in [0.29, 0.717) is 12.6 Å². The maximum Gasteiger partial charge on any atom is 0.233 e. The topological polar surface area (TPSA) is 43.2 Å². The zero-order valence-corrected chi connectivity index (χ0v) is 18.5. The fourth-order valence-electron chi connectivity index (χ4n) is 4.83. The molecule has 0 unspecified atom stereocenters. The van der Waals surface area contributed by atoms with E-state index in [1.54, 1.807) is 12.4 Å². The summed E-state index contributed by atoms with van der Waals surface area (Å²) in [5, 5.41) is 0. The van der Waals surface area contributed by atoms with Crippen molar-refractivity contribution in [2.75, 3.05) is 13.2 Å². The first-order valence-electron chi connectivity index (χ1n) is 11.5. The van der Waals surface area contributed by atoms with Gasteiger partial charge in [-0.15, -0.1) is 0 Å². The first-order chi connectivity index (χ1) is 16.3. The molecule has 1 aliphatic heterocycles. The molecule has 4 aromatic rings. The van der Waals surface area contributed by atoms with Crippen LogP contribution < -0.4 is 4.74 Å². The minimum absolute atomic E-state index is 0.685. The van der Waals surface area contributed by atoms with Crippen molar-refractivity contribution in [2.24, 2.45) is 0 Å². The fourth-order valence-corrected chi connectivity index (χ4v) is 4.83. The number of hydrogen-bond donors (Lipinski definition) is 0. The Labute approximate surface area is 194 Å². The van der Waals surface area contributed by atoms with Crippen molar-refractivity contribution in [3.8, 4) is 11.7 Å². The number of rotatable bonds is 4. The van der Waals surface area contributed by atoms with Gasteiger partial charge in [-0.05, 0) is 65.4 Å². The predicted molar refractivity (Wildman–Crippen MR) is 130 cm³/mol. The van der Waals surface area contributed by atoms with E-state index in [4.69, 9.17) is 4.74 Å². The molecule has 2 aromatic carbocycles. The molecule has 0 saturated carbocycles. The largest absolute Gasteiger partial charge is 0.492 e. The zero-order chi connectivity index (χ0) is 22.0. The highest BCUT2D eigenvalue weighted by atomic mass is 16.5. The van der Waals surface area contributed by atoms with Crippen molar-refractivity contribution < 1.29 is 4.74 Å². The normalized spacial score (nSPS) is 15.7. The van der Waals surface area contributed by atoms with E-state index < -0.39 is 0 Å². The van der Waals surface area contributed by atoms with Gasteiger partial charge in [0.1, 0.15) is 12.4 Å². The van der Waals surface area contributed by atoms with Crippen LogP contribution in [0.4, 0.5) is 0 Å². The highest BCUT2D eigenvalue weighted by Gasteiger charge is 2.19. The highest BCUT2D eigenvalue weighted by Crippen LogP contribution is 2.33. The Balaban J connectivity index is 1.26. The van der Waals surface area contributed by atoms with Gasteiger partial charge in [-0.25, -0.2) is 9.97 Å². The zero-order valence-electron chi connectivity index (χ0n) is 18.5. The molecule has 33 heavy (non-hydrogen) atoms. The van der Waals surface area contributed by atoms with Gasteiger partial charge in [0.25, 0.3) is 0 Å². The summed E-state index contributed by atoms with van der Waals surface area (Å²) in [5.41, 5.74) is 7.91. The van der Waals surface area contributed by atoms with Gasteiger partial charge in [0, 0.05) is 49.5 Å². The van der Waals surface area contributed by atoms with Gasteiger partial charge in [0.15, 0.2) is 0 Å². The van der Waals surface area contributed by atoms with Crippen LogP contribution in [-0.4, -0.2) is 32.6 Å². The molecule has 0 amide bonds. The number of hydrogen-bond acceptors (Lipinski definition) is 4. The number of benzene rings is 2. The molecule has 3 heterocycles. The van der Waals surface area contributed by atoms with Crippen molar-refractivity contribution >= 4 is 11.6 Å². The summed E-state index contributed by atoms with van der Waals surface area (Å²) < 4.78 is 8.18. The first-order valence-corrected chi connectivity index (χ1v) is 11.5. The number of allylic oxidation sites excluding steroid dienone is 1. The number of nitrogens with zero attached hydrogens (tertiary/aromatic N) is 4. The van der Waals surface area contributed by atoms with Gasteiger partial charge >= 0.3 is 0 Å². The minimum atomic E-state index is 0.685. The Hall–Kier alpha value is -3.70. The smallest absolute Gasteiger partial charge is 0.233 e. The van der Waals surface area contributed by atoms with Crippen LogP contribution in [-0.2, 0) is 19.5 Å². The quantitative estimate of drug-likeness (QED) is 0.446. The molecule has 0 fully saturated rings. The van der Waals surface area contributed by atoms with E-state index in [2.05, 4.69) is 80.1 Å². The maximum atomic E-state index is 6.12. The first kappa shape index (κ1) is 19.9. The van der Waals surface area contributed by atoms with Gasteiger partial charge < -0.3 is 4.74 Å². The SMILES string of the molecule is C1=C(c2ccc3c(c2)CN(Cc2cccn2-c2ncccn2)CCO3)CCc2ccccc21. The van der Waals surface area contributed by atoms with Crippen molar-refractivity contribution in [1.82, 2.24) is 19.4 Å². The molecule has 5 nitrogen and oxygen atoms in total. The Morgan fingerprint density at radius 1 is 0.879 bits per heavy atom. The summed E-state index contributed by atoms with van der Waals surface area (Å²) >= 11 is 0. The summed E-state index contributed by atoms with van der Waals surface area (Å²) in [6.45, 7) is 3.23. The van der Waals surface area contributed by atoms with Crippen LogP contribution in [0.1, 0.15) is 34.4 Å². The Bertz CT molecular complexity index is 1310. The monoisotopic (exact) mass is 434 g/mol. The summed E-state index contributed by atoms with van der Waals surface area (Å²) in [6.07, 6.45) is 10.1. The standard InChI is InChI=1S/C28H26N4O/c1-2-6-22-17-23(9-8-21(22)5-1)24-10-11-27-25(18-24)19-31(15-16-33-27)20-26-7-3-14-32(26)28-29-12-4-13-30-28/h1-7,10-14,17-18H,8-9,15-16,19-20H2. The van der Waals surface area contributed by atoms with E-state index in [1.807, 2.05) is 12.3 Å². The third-order valence-corrected chi connectivity index (χ3v) is 6.53. The second kappa shape index (κ2) is 8.68. The molecule has 0 spiro atoms. The third-order valence-electron chi connectivity index (χ3n) is 6.53. The van der Waals surface area contributed by atoms with Crippen molar-refractivity contribution in [3.63, 3.8) is 0 Å². The lowest BCUT2D eigenvalue weighted by molar-refractivity contribution is 0.217. The van der Waals surface area contributed by atoms with Crippen molar-refractivity contribution in [1.29, 1.82) is 0 Å². The summed E-state index contributed by atoms with van der Waals surface area (Å²) in [7, 11) is 0. The van der Waals surface area contributed by atoms with Gasteiger partial charge in [-0.1, -0.05) is 36.4 Å². The van der Waals surface area contributed by atoms with Crippen LogP contribution in [0.2, 0.25) is 0 Å². The highest BCUT2D eigenvalue weighted by molar-refractivity contribution is 5.84. The van der Waals surface area contributed by atoms with Crippen LogP contribution in [0.3, 0.4) is 0 Å². The maximum absolute atomic E-state index is 6.12. The average Bonchev–Trinajstić information content (AvgIpc) is 3.23. The van der Waals surface area contributed by atoms with E-state index in [9.17, 15) is 0 Å². The molecular formula is C28H26N4O. The lowest BCUT2D eigenvalue weighted by Gasteiger charge is -2.21. The molecule has 0 saturated heterocycles. The molecule has 0 atom stereocenters. The molecule has 1 aliphatic carbocycles. The summed E-state index contributed by atoms with van der Waals surface area (Å²) in [6, 6.07) is 21.4. The second-order valence-electron chi connectivity index (χ2n) is 8.67. The molecule has 2 aliphatic rings. The number of fused-ring (bicyclic) bond motifs is 2. The molecule has 164 valence electrons. The molecule has 0 N–H and O–H groups in total. The second-order valence-corrected chi connectivity index (χ2v) is 8.67. The molecular weight excluding hydrogens is 408 g/mol. The lowest BCUT2D eigenvalue weighted by atomic mass is 9.88. The van der Waals surface area contributed by atoms with Crippen LogP contribution >= 0.6 is 0 Å². The number of ether oxygens (including phenoxy) is 1. The number of aryl methyl sites for hydroxylation is 1. The van der Waals surface area contributed by atoms with Gasteiger partial charge in [-0.2, -0.15) is 0 Å². The fraction of sp³-hybridized carbons (Fsp3) is 0.214. The average molecular weight is 435 g/mol. The van der Waals surface area contributed by atoms with Crippen molar-refractivity contribution in [2.45, 2.75) is 25.9 Å². The minimum Gasteiger partial charge on any atom is -0.492 e. The van der Waals surface area contributed by atoms with Gasteiger partial charge in [0.05, 0.1) is 0 Å². The molecule has 2 aromatic heterocycles. The Kier molecular flexibility index (Phi) is 5.25. The van der Waals surface area contributed by atoms with Crippen LogP contribution in [0.5, 0.6) is 5.75 Å². The Morgan fingerprint density at radius 3 is 2.73 bits per heavy atom. The molecule has 6 rings (SSSR count). The molecule has 0 bridgehead atoms. The summed E-state index contributed by atoms with van der Waals surface area (Å²) in [5.74, 6) is 1.70. The van der Waals surface area contributed by atoms with E-state index in [-0.39, 0.29) is 0 Å². The van der Waals surface area contributed by atoms with Gasteiger partial charge in [-0.3, -0.25) is 9.47 Å². The van der Waals surface area contributed by atoms with E-state index in [0.717, 1.165) is 38.2 Å². The summed E-state index contributed by atoms with van der Waals surface area (Å²) in [4.78, 5) is 11.3. The van der Waals surface area contributed by atoms with Gasteiger partial charge in [0.2, 0.25) is 5.95 Å². The Morgan fingerprint density at radius 2 is 1.79 bits per heavy atom.